The molecule has 2 heterocycles. The Hall–Kier alpha value is -2.18. The molecule has 16 heavy (non-hydrogen) atoms. The normalized spacial score (nSPS) is 12.0. The Labute approximate surface area is 91.7 Å². The van der Waals surface area contributed by atoms with Crippen LogP contribution < -0.4 is 5.73 Å². The fourth-order valence-corrected chi connectivity index (χ4v) is 1.40. The lowest BCUT2D eigenvalue weighted by molar-refractivity contribution is 0.212. The molecule has 0 fully saturated rings. The Morgan fingerprint density at radius 3 is 3.12 bits per heavy atom. The fourth-order valence-electron chi connectivity index (χ4n) is 1.40. The van der Waals surface area contributed by atoms with E-state index in [9.17, 15) is 0 Å². The predicted molar refractivity (Wildman–Crippen MR) is 59.9 cm³/mol. The van der Waals surface area contributed by atoms with Gasteiger partial charge in [0.15, 0.2) is 11.5 Å². The van der Waals surface area contributed by atoms with Crippen molar-refractivity contribution in [3.05, 3.63) is 12.2 Å². The molecule has 3 N–H and O–H groups in total. The van der Waals surface area contributed by atoms with Gasteiger partial charge in [0, 0.05) is 6.42 Å². The van der Waals surface area contributed by atoms with Gasteiger partial charge < -0.3 is 15.6 Å². The Bertz CT molecular complexity index is 532. The van der Waals surface area contributed by atoms with Crippen LogP contribution in [-0.4, -0.2) is 32.8 Å². The molecule has 2 rings (SSSR count). The maximum absolute atomic E-state index is 5.76. The van der Waals surface area contributed by atoms with Crippen molar-refractivity contribution in [1.82, 2.24) is 19.9 Å². The van der Waals surface area contributed by atoms with Crippen molar-refractivity contribution < 1.29 is 4.84 Å². The maximum Gasteiger partial charge on any atom is 0.183 e. The molecule has 0 unspecified atom stereocenters. The van der Waals surface area contributed by atoms with E-state index in [4.69, 9.17) is 5.73 Å². The number of aromatic amines is 1. The van der Waals surface area contributed by atoms with E-state index in [1.54, 1.807) is 0 Å². The highest BCUT2D eigenvalue weighted by atomic mass is 16.6. The maximum atomic E-state index is 5.76. The Morgan fingerprint density at radius 1 is 1.56 bits per heavy atom. The van der Waals surface area contributed by atoms with E-state index in [-0.39, 0.29) is 0 Å². The number of aromatic nitrogens is 4. The molecule has 0 radical (unpaired) electrons. The number of nitrogens with one attached hydrogen (secondary N) is 1. The third kappa shape index (κ3) is 1.92. The molecular weight excluding hydrogens is 208 g/mol. The van der Waals surface area contributed by atoms with E-state index in [0.717, 1.165) is 5.71 Å². The van der Waals surface area contributed by atoms with Crippen LogP contribution in [0, 0.1) is 0 Å². The van der Waals surface area contributed by atoms with Crippen molar-refractivity contribution in [3.63, 3.8) is 0 Å². The summed E-state index contributed by atoms with van der Waals surface area (Å²) in [7, 11) is 1.50. The first kappa shape index (κ1) is 10.3. The van der Waals surface area contributed by atoms with Crippen molar-refractivity contribution in [2.75, 3.05) is 12.8 Å². The van der Waals surface area contributed by atoms with E-state index in [0.29, 0.717) is 29.2 Å². The number of H-pyrrole nitrogens is 1. The van der Waals surface area contributed by atoms with Gasteiger partial charge in [-0.2, -0.15) is 0 Å². The highest BCUT2D eigenvalue weighted by Gasteiger charge is 2.08. The first-order chi connectivity index (χ1) is 7.70. The minimum Gasteiger partial charge on any atom is -0.399 e. The summed E-state index contributed by atoms with van der Waals surface area (Å²) in [5.41, 5.74) is 7.75. The van der Waals surface area contributed by atoms with Crippen molar-refractivity contribution in [2.45, 2.75) is 13.3 Å². The Morgan fingerprint density at radius 2 is 2.38 bits per heavy atom. The van der Waals surface area contributed by atoms with Gasteiger partial charge in [0.2, 0.25) is 0 Å². The second kappa shape index (κ2) is 4.13. The number of hydrogen-bond donors (Lipinski definition) is 2. The van der Waals surface area contributed by atoms with Crippen LogP contribution >= 0.6 is 0 Å². The lowest BCUT2D eigenvalue weighted by atomic mass is 10.3. The summed E-state index contributed by atoms with van der Waals surface area (Å²) in [6.45, 7) is 1.83. The topological polar surface area (TPSA) is 102 Å². The highest BCUT2D eigenvalue weighted by Crippen LogP contribution is 2.13. The van der Waals surface area contributed by atoms with Crippen LogP contribution in [-0.2, 0) is 11.3 Å². The number of rotatable bonds is 3. The lowest BCUT2D eigenvalue weighted by Crippen LogP contribution is -2.06. The molecule has 2 aromatic heterocycles. The van der Waals surface area contributed by atoms with Gasteiger partial charge in [-0.1, -0.05) is 5.16 Å². The van der Waals surface area contributed by atoms with Crippen LogP contribution in [0.25, 0.3) is 11.2 Å². The quantitative estimate of drug-likeness (QED) is 0.579. The van der Waals surface area contributed by atoms with Crippen LogP contribution in [0.3, 0.4) is 0 Å². The molecule has 0 aliphatic rings. The van der Waals surface area contributed by atoms with Gasteiger partial charge in [-0.3, -0.25) is 0 Å². The number of hydrogen-bond acceptors (Lipinski definition) is 6. The van der Waals surface area contributed by atoms with E-state index < -0.39 is 0 Å². The third-order valence-corrected chi connectivity index (χ3v) is 2.02. The summed E-state index contributed by atoms with van der Waals surface area (Å²) >= 11 is 0. The number of anilines is 1. The van der Waals surface area contributed by atoms with Crippen molar-refractivity contribution in [3.8, 4) is 0 Å². The molecule has 0 aliphatic carbocycles. The standard InChI is InChI=1S/C9H12N6O/c1-5(15-16-2)3-6-13-8(10)7-9(14-6)12-4-11-7/h4H,3H2,1-2H3,(H3,10,11,12,13,14)/b15-5+. The van der Waals surface area contributed by atoms with Gasteiger partial charge >= 0.3 is 0 Å². The first-order valence-corrected chi connectivity index (χ1v) is 4.73. The van der Waals surface area contributed by atoms with Crippen LogP contribution in [0.4, 0.5) is 5.82 Å². The molecule has 0 atom stereocenters. The molecule has 2 aromatic rings. The minimum atomic E-state index is 0.391. The molecule has 0 spiro atoms. The average Bonchev–Trinajstić information content (AvgIpc) is 2.66. The number of nitrogens with two attached hydrogens (primary N) is 1. The van der Waals surface area contributed by atoms with Gasteiger partial charge in [-0.15, -0.1) is 0 Å². The van der Waals surface area contributed by atoms with E-state index in [2.05, 4.69) is 29.9 Å². The molecule has 7 nitrogen and oxygen atoms in total. The largest absolute Gasteiger partial charge is 0.399 e. The van der Waals surface area contributed by atoms with E-state index >= 15 is 0 Å². The zero-order valence-corrected chi connectivity index (χ0v) is 9.06. The number of imidazole rings is 1. The van der Waals surface area contributed by atoms with Gasteiger partial charge in [0.25, 0.3) is 0 Å². The van der Waals surface area contributed by atoms with Gasteiger partial charge in [0.05, 0.1) is 12.0 Å². The zero-order valence-electron chi connectivity index (χ0n) is 9.06. The molecule has 84 valence electrons. The smallest absolute Gasteiger partial charge is 0.183 e. The zero-order chi connectivity index (χ0) is 11.5. The van der Waals surface area contributed by atoms with Crippen LogP contribution in [0.2, 0.25) is 0 Å². The number of nitrogens with zero attached hydrogens (tertiary/aromatic N) is 4. The molecule has 0 saturated carbocycles. The third-order valence-electron chi connectivity index (χ3n) is 2.02. The molecule has 0 bridgehead atoms. The van der Waals surface area contributed by atoms with Crippen molar-refractivity contribution >= 4 is 22.7 Å². The van der Waals surface area contributed by atoms with Gasteiger partial charge in [-0.25, -0.2) is 15.0 Å². The second-order valence-electron chi connectivity index (χ2n) is 3.31. The molecule has 0 amide bonds. The summed E-state index contributed by atoms with van der Waals surface area (Å²) < 4.78 is 0. The summed E-state index contributed by atoms with van der Waals surface area (Å²) in [6, 6.07) is 0. The SMILES string of the molecule is CO/N=C(\C)Cc1nc(N)c2[nH]cnc2n1. The second-order valence-corrected chi connectivity index (χ2v) is 3.31. The highest BCUT2D eigenvalue weighted by molar-refractivity contribution is 5.85. The van der Waals surface area contributed by atoms with Gasteiger partial charge in [0.1, 0.15) is 18.5 Å². The lowest BCUT2D eigenvalue weighted by Gasteiger charge is -2.01. The summed E-state index contributed by atoms with van der Waals surface area (Å²) in [5.74, 6) is 0.970. The molecule has 0 saturated heterocycles. The minimum absolute atomic E-state index is 0.391. The monoisotopic (exact) mass is 220 g/mol. The molecule has 7 heteroatoms. The van der Waals surface area contributed by atoms with Crippen molar-refractivity contribution in [1.29, 1.82) is 0 Å². The number of oxime groups is 1. The Balaban J connectivity index is 2.35. The van der Waals surface area contributed by atoms with Crippen LogP contribution in [0.5, 0.6) is 0 Å². The van der Waals surface area contributed by atoms with Crippen LogP contribution in [0.15, 0.2) is 11.5 Å². The molecular formula is C9H12N6O. The Kier molecular flexibility index (Phi) is 2.67. The molecule has 0 aromatic carbocycles. The van der Waals surface area contributed by atoms with Crippen molar-refractivity contribution in [2.24, 2.45) is 5.16 Å². The summed E-state index contributed by atoms with van der Waals surface area (Å²) in [6.07, 6.45) is 2.02. The van der Waals surface area contributed by atoms with E-state index in [1.165, 1.54) is 13.4 Å². The number of fused-ring (bicyclic) bond motifs is 1. The first-order valence-electron chi connectivity index (χ1n) is 4.73. The average molecular weight is 220 g/mol. The van der Waals surface area contributed by atoms with E-state index in [1.807, 2.05) is 6.92 Å². The van der Waals surface area contributed by atoms with Gasteiger partial charge in [-0.05, 0) is 6.92 Å². The molecule has 0 aliphatic heterocycles. The summed E-state index contributed by atoms with van der Waals surface area (Å²) in [5, 5.41) is 3.78. The number of nitrogen functional groups attached to an aromatic ring is 1. The summed E-state index contributed by atoms with van der Waals surface area (Å²) in [4.78, 5) is 20.0. The van der Waals surface area contributed by atoms with Crippen LogP contribution in [0.1, 0.15) is 12.7 Å². The predicted octanol–water partition coefficient (Wildman–Crippen LogP) is 0.500. The fraction of sp³-hybridized carbons (Fsp3) is 0.333.